The Morgan fingerprint density at radius 2 is 1.35 bits per heavy atom. The number of nitrogens with zero attached hydrogens (tertiary/aromatic N) is 2. The number of amides is 2. The van der Waals surface area contributed by atoms with Crippen LogP contribution in [0.15, 0.2) is 24.3 Å². The number of primary amides is 2. The Labute approximate surface area is 180 Å². The van der Waals surface area contributed by atoms with Gasteiger partial charge in [-0.25, -0.2) is 0 Å². The Balaban J connectivity index is 2.08. The molecular formula is C18H17ClN4O8. The van der Waals surface area contributed by atoms with Crippen molar-refractivity contribution in [3.05, 3.63) is 66.2 Å². The lowest BCUT2D eigenvalue weighted by molar-refractivity contribution is -0.385. The van der Waals surface area contributed by atoms with E-state index in [9.17, 15) is 29.8 Å². The summed E-state index contributed by atoms with van der Waals surface area (Å²) in [4.78, 5) is 43.5. The molecule has 0 atom stereocenters. The van der Waals surface area contributed by atoms with E-state index >= 15 is 0 Å². The number of benzene rings is 2. The zero-order valence-electron chi connectivity index (χ0n) is 16.1. The number of carbonyl (C=O) groups excluding carboxylic acids is 2. The maximum absolute atomic E-state index is 11.4. The van der Waals surface area contributed by atoms with Gasteiger partial charge in [0.1, 0.15) is 11.5 Å². The average Bonchev–Trinajstić information content (AvgIpc) is 2.68. The molecule has 0 aliphatic rings. The molecule has 0 heterocycles. The molecule has 2 rings (SSSR count). The highest BCUT2D eigenvalue weighted by molar-refractivity contribution is 6.34. The van der Waals surface area contributed by atoms with Gasteiger partial charge in [0.25, 0.3) is 11.4 Å². The second kappa shape index (κ2) is 9.71. The highest BCUT2D eigenvalue weighted by Gasteiger charge is 2.22. The molecule has 164 valence electrons. The van der Waals surface area contributed by atoms with Crippen LogP contribution in [0.5, 0.6) is 11.5 Å². The smallest absolute Gasteiger partial charge is 0.292 e. The Hall–Kier alpha value is -3.93. The van der Waals surface area contributed by atoms with E-state index < -0.39 is 27.3 Å². The van der Waals surface area contributed by atoms with Crippen LogP contribution in [-0.2, 0) is 0 Å². The number of nitrogens with two attached hydrogens (primary N) is 2. The van der Waals surface area contributed by atoms with Crippen LogP contribution in [0, 0.1) is 27.2 Å². The van der Waals surface area contributed by atoms with Crippen LogP contribution in [0.1, 0.15) is 32.7 Å². The number of nitro benzene ring substituents is 2. The highest BCUT2D eigenvalue weighted by atomic mass is 35.5. The SMILES string of the molecule is Cc1c(OCCCOc2cc(C(N)=O)cc([N+](=O)[O-])c2Cl)cc(C(N)=O)cc1[N+](=O)[O-]. The van der Waals surface area contributed by atoms with Crippen molar-refractivity contribution in [2.45, 2.75) is 13.3 Å². The lowest BCUT2D eigenvalue weighted by Crippen LogP contribution is -2.13. The van der Waals surface area contributed by atoms with Gasteiger partial charge < -0.3 is 20.9 Å². The number of ether oxygens (including phenoxy) is 2. The van der Waals surface area contributed by atoms with Crippen molar-refractivity contribution < 1.29 is 28.9 Å². The summed E-state index contributed by atoms with van der Waals surface area (Å²) in [6.45, 7) is 1.47. The van der Waals surface area contributed by atoms with Crippen molar-refractivity contribution in [1.82, 2.24) is 0 Å². The normalized spacial score (nSPS) is 10.4. The number of carbonyl (C=O) groups is 2. The maximum Gasteiger partial charge on any atom is 0.292 e. The third kappa shape index (κ3) is 5.57. The molecule has 2 aromatic rings. The molecule has 0 aliphatic heterocycles. The fraction of sp³-hybridized carbons (Fsp3) is 0.222. The molecule has 4 N–H and O–H groups in total. The maximum atomic E-state index is 11.4. The number of hydrogen-bond donors (Lipinski definition) is 2. The van der Waals surface area contributed by atoms with Gasteiger partial charge >= 0.3 is 0 Å². The van der Waals surface area contributed by atoms with Gasteiger partial charge in [-0.2, -0.15) is 0 Å². The van der Waals surface area contributed by atoms with Crippen molar-refractivity contribution in [2.24, 2.45) is 11.5 Å². The minimum atomic E-state index is -0.889. The number of nitro groups is 2. The molecule has 12 nitrogen and oxygen atoms in total. The molecule has 0 saturated heterocycles. The van der Waals surface area contributed by atoms with E-state index in [0.29, 0.717) is 0 Å². The van der Waals surface area contributed by atoms with Crippen LogP contribution < -0.4 is 20.9 Å². The standard InChI is InChI=1S/C18H17ClN4O8/c1-9-12(22(26)27)5-10(17(20)24)7-14(9)30-3-2-4-31-15-8-11(18(21)25)6-13(16(15)19)23(28)29/h5-8H,2-4H2,1H3,(H2,20,24)(H2,21,25). The largest absolute Gasteiger partial charge is 0.493 e. The zero-order valence-corrected chi connectivity index (χ0v) is 16.9. The van der Waals surface area contributed by atoms with E-state index in [1.807, 2.05) is 0 Å². The van der Waals surface area contributed by atoms with Gasteiger partial charge in [0.2, 0.25) is 11.8 Å². The predicted octanol–water partition coefficient (Wildman–Crippen LogP) is 2.51. The molecule has 13 heteroatoms. The zero-order chi connectivity index (χ0) is 23.3. The fourth-order valence-electron chi connectivity index (χ4n) is 2.54. The third-order valence-electron chi connectivity index (χ3n) is 4.12. The molecule has 2 aromatic carbocycles. The molecule has 0 aromatic heterocycles. The lowest BCUT2D eigenvalue weighted by atomic mass is 10.1. The van der Waals surface area contributed by atoms with Gasteiger partial charge in [0.05, 0.1) is 28.6 Å². The van der Waals surface area contributed by atoms with Crippen molar-refractivity contribution in [2.75, 3.05) is 13.2 Å². The highest BCUT2D eigenvalue weighted by Crippen LogP contribution is 2.35. The summed E-state index contributed by atoms with van der Waals surface area (Å²) in [7, 11) is 0. The average molecular weight is 453 g/mol. The summed E-state index contributed by atoms with van der Waals surface area (Å²) in [6.07, 6.45) is 0.235. The molecule has 31 heavy (non-hydrogen) atoms. The van der Waals surface area contributed by atoms with Gasteiger partial charge in [-0.1, -0.05) is 11.6 Å². The first kappa shape index (κ1) is 23.3. The minimum Gasteiger partial charge on any atom is -0.493 e. The van der Waals surface area contributed by atoms with Gasteiger partial charge in [-0.05, 0) is 19.1 Å². The quantitative estimate of drug-likeness (QED) is 0.312. The van der Waals surface area contributed by atoms with Crippen LogP contribution in [-0.4, -0.2) is 34.9 Å². The van der Waals surface area contributed by atoms with E-state index in [-0.39, 0.29) is 58.5 Å². The second-order valence-electron chi connectivity index (χ2n) is 6.22. The first-order chi connectivity index (χ1) is 14.5. The van der Waals surface area contributed by atoms with Crippen molar-refractivity contribution in [3.8, 4) is 11.5 Å². The van der Waals surface area contributed by atoms with Crippen LogP contribution in [0.4, 0.5) is 11.4 Å². The minimum absolute atomic E-state index is 0.0181. The first-order valence-corrected chi connectivity index (χ1v) is 9.03. The van der Waals surface area contributed by atoms with Crippen LogP contribution in [0.3, 0.4) is 0 Å². The van der Waals surface area contributed by atoms with Crippen molar-refractivity contribution in [1.29, 1.82) is 0 Å². The van der Waals surface area contributed by atoms with Crippen LogP contribution in [0.25, 0.3) is 0 Å². The third-order valence-corrected chi connectivity index (χ3v) is 4.50. The molecule has 0 aliphatic carbocycles. The summed E-state index contributed by atoms with van der Waals surface area (Å²) in [5.41, 5.74) is 9.50. The molecule has 2 amide bonds. The lowest BCUT2D eigenvalue weighted by Gasteiger charge is -2.12. The van der Waals surface area contributed by atoms with Gasteiger partial charge in [0, 0.05) is 29.7 Å². The van der Waals surface area contributed by atoms with E-state index in [0.717, 1.165) is 12.1 Å². The van der Waals surface area contributed by atoms with Crippen molar-refractivity contribution >= 4 is 34.8 Å². The topological polar surface area (TPSA) is 191 Å². The summed E-state index contributed by atoms with van der Waals surface area (Å²) >= 11 is 5.95. The Morgan fingerprint density at radius 1 is 0.903 bits per heavy atom. The van der Waals surface area contributed by atoms with E-state index in [1.165, 1.54) is 19.1 Å². The molecule has 0 spiro atoms. The summed E-state index contributed by atoms with van der Waals surface area (Å²) in [5.74, 6) is -1.74. The Bertz CT molecular complexity index is 990. The second-order valence-corrected chi connectivity index (χ2v) is 6.60. The van der Waals surface area contributed by atoms with E-state index in [4.69, 9.17) is 32.5 Å². The fourth-order valence-corrected chi connectivity index (χ4v) is 2.77. The van der Waals surface area contributed by atoms with Crippen LogP contribution >= 0.6 is 11.6 Å². The molecule has 0 bridgehead atoms. The van der Waals surface area contributed by atoms with E-state index in [2.05, 4.69) is 0 Å². The predicted molar refractivity (Wildman–Crippen MR) is 109 cm³/mol. The number of hydrogen-bond acceptors (Lipinski definition) is 8. The van der Waals surface area contributed by atoms with Gasteiger partial charge in [-0.15, -0.1) is 0 Å². The summed E-state index contributed by atoms with van der Waals surface area (Å²) < 4.78 is 10.9. The molecule has 0 fully saturated rings. The van der Waals surface area contributed by atoms with E-state index in [1.54, 1.807) is 0 Å². The van der Waals surface area contributed by atoms with Crippen molar-refractivity contribution in [3.63, 3.8) is 0 Å². The monoisotopic (exact) mass is 452 g/mol. The Morgan fingerprint density at radius 3 is 1.84 bits per heavy atom. The molecular weight excluding hydrogens is 436 g/mol. The number of rotatable bonds is 10. The first-order valence-electron chi connectivity index (χ1n) is 8.65. The molecule has 0 unspecified atom stereocenters. The molecule has 0 saturated carbocycles. The summed E-state index contributed by atoms with van der Waals surface area (Å²) in [6, 6.07) is 4.49. The van der Waals surface area contributed by atoms with Gasteiger partial charge in [0.15, 0.2) is 5.02 Å². The number of halogens is 1. The van der Waals surface area contributed by atoms with Crippen LogP contribution in [0.2, 0.25) is 5.02 Å². The molecule has 0 radical (unpaired) electrons. The summed E-state index contributed by atoms with van der Waals surface area (Å²) in [5, 5.41) is 21.9. The van der Waals surface area contributed by atoms with Gasteiger partial charge in [-0.3, -0.25) is 29.8 Å². The Kier molecular flexibility index (Phi) is 7.32.